The van der Waals surface area contributed by atoms with Crippen molar-refractivity contribution in [1.29, 1.82) is 0 Å². The van der Waals surface area contributed by atoms with Gasteiger partial charge >= 0.3 is 0 Å². The van der Waals surface area contributed by atoms with E-state index in [9.17, 15) is 0 Å². The Morgan fingerprint density at radius 1 is 1.12 bits per heavy atom. The molecule has 0 saturated carbocycles. The fraction of sp³-hybridized carbons (Fsp3) is 0.429. The Bertz CT molecular complexity index is 324. The highest BCUT2D eigenvalue weighted by molar-refractivity contribution is 6.80. The molecule has 0 spiro atoms. The molecular weight excluding hydrogens is 210 g/mol. The first kappa shape index (κ1) is 13.2. The van der Waals surface area contributed by atoms with Crippen LogP contribution in [0.1, 0.15) is 5.56 Å². The van der Waals surface area contributed by atoms with E-state index >= 15 is 0 Å². The fourth-order valence-electron chi connectivity index (χ4n) is 1.55. The Hall–Kier alpha value is -0.863. The summed E-state index contributed by atoms with van der Waals surface area (Å²) in [7, 11) is 1.14. The zero-order valence-electron chi connectivity index (χ0n) is 10.9. The quantitative estimate of drug-likeness (QED) is 0.703. The van der Waals surface area contributed by atoms with Crippen LogP contribution in [-0.4, -0.2) is 26.6 Å². The van der Waals surface area contributed by atoms with Crippen LogP contribution in [0.15, 0.2) is 42.1 Å². The number of hydrogen-bond donors (Lipinski definition) is 0. The third-order valence-corrected chi connectivity index (χ3v) is 3.57. The third kappa shape index (κ3) is 5.88. The Labute approximate surface area is 101 Å². The van der Waals surface area contributed by atoms with E-state index in [-0.39, 0.29) is 0 Å². The second-order valence-electron chi connectivity index (χ2n) is 5.45. The molecule has 1 aromatic rings. The molecule has 0 saturated heterocycles. The van der Waals surface area contributed by atoms with Gasteiger partial charge in [-0.2, -0.15) is 0 Å². The van der Waals surface area contributed by atoms with Crippen LogP contribution >= 0.6 is 0 Å². The maximum absolute atomic E-state index is 2.41. The van der Waals surface area contributed by atoms with E-state index in [2.05, 4.69) is 73.7 Å². The lowest BCUT2D eigenvalue weighted by Gasteiger charge is -2.15. The van der Waals surface area contributed by atoms with Crippen molar-refractivity contribution in [3.05, 3.63) is 47.7 Å². The van der Waals surface area contributed by atoms with E-state index in [0.29, 0.717) is 0 Å². The molecule has 88 valence electrons. The van der Waals surface area contributed by atoms with Crippen molar-refractivity contribution >= 4 is 8.07 Å². The molecule has 0 aliphatic rings. The molecule has 0 fully saturated rings. The van der Waals surface area contributed by atoms with Crippen LogP contribution in [0.5, 0.6) is 0 Å². The van der Waals surface area contributed by atoms with Crippen molar-refractivity contribution in [2.45, 2.75) is 26.2 Å². The molecule has 0 amide bonds. The van der Waals surface area contributed by atoms with Crippen molar-refractivity contribution in [1.82, 2.24) is 4.90 Å². The average molecular weight is 233 g/mol. The van der Waals surface area contributed by atoms with Crippen molar-refractivity contribution < 1.29 is 0 Å². The summed E-state index contributed by atoms with van der Waals surface area (Å²) in [5, 5.41) is 0. The van der Waals surface area contributed by atoms with E-state index in [1.165, 1.54) is 5.56 Å². The molecule has 0 radical (unpaired) electrons. The summed E-state index contributed by atoms with van der Waals surface area (Å²) in [6.07, 6.45) is 2.31. The van der Waals surface area contributed by atoms with Gasteiger partial charge in [0.15, 0.2) is 0 Å². The lowest BCUT2D eigenvalue weighted by Crippen LogP contribution is -2.20. The summed E-state index contributed by atoms with van der Waals surface area (Å²) in [6, 6.07) is 10.6. The summed E-state index contributed by atoms with van der Waals surface area (Å²) >= 11 is 0. The fourth-order valence-corrected chi connectivity index (χ4v) is 2.36. The molecule has 0 aliphatic carbocycles. The molecular formula is C14H23NSi. The van der Waals surface area contributed by atoms with Crippen LogP contribution in [0, 0.1) is 0 Å². The molecule has 0 heterocycles. The van der Waals surface area contributed by atoms with Gasteiger partial charge in [-0.15, -0.1) is 0 Å². The molecule has 0 unspecified atom stereocenters. The van der Waals surface area contributed by atoms with Crippen LogP contribution in [0.4, 0.5) is 0 Å². The van der Waals surface area contributed by atoms with E-state index in [1.54, 1.807) is 0 Å². The predicted molar refractivity (Wildman–Crippen MR) is 75.3 cm³/mol. The summed E-state index contributed by atoms with van der Waals surface area (Å²) < 4.78 is 0. The summed E-state index contributed by atoms with van der Waals surface area (Å²) in [5.41, 5.74) is 3.79. The monoisotopic (exact) mass is 233 g/mol. The molecule has 0 N–H and O–H groups in total. The first-order chi connectivity index (χ1) is 7.47. The molecule has 0 aromatic heterocycles. The summed E-state index contributed by atoms with van der Waals surface area (Å²) in [6.45, 7) is 9.15. The van der Waals surface area contributed by atoms with E-state index in [0.717, 1.165) is 13.1 Å². The van der Waals surface area contributed by atoms with Gasteiger partial charge < -0.3 is 0 Å². The molecule has 16 heavy (non-hydrogen) atoms. The average Bonchev–Trinajstić information content (AvgIpc) is 2.17. The molecule has 1 aromatic carbocycles. The number of nitrogens with zero attached hydrogens (tertiary/aromatic N) is 1. The first-order valence-electron chi connectivity index (χ1n) is 5.87. The predicted octanol–water partition coefficient (Wildman–Crippen LogP) is 3.55. The second kappa shape index (κ2) is 6.02. The zero-order valence-corrected chi connectivity index (χ0v) is 11.9. The number of benzene rings is 1. The van der Waals surface area contributed by atoms with Crippen molar-refractivity contribution in [2.24, 2.45) is 0 Å². The van der Waals surface area contributed by atoms with Gasteiger partial charge in [-0.1, -0.05) is 61.7 Å². The number of rotatable bonds is 5. The van der Waals surface area contributed by atoms with Gasteiger partial charge in [0.25, 0.3) is 0 Å². The minimum Gasteiger partial charge on any atom is -0.298 e. The van der Waals surface area contributed by atoms with Gasteiger partial charge in [0.1, 0.15) is 0 Å². The molecule has 0 aliphatic heterocycles. The van der Waals surface area contributed by atoms with E-state index < -0.39 is 8.07 Å². The molecule has 1 nitrogen and oxygen atoms in total. The van der Waals surface area contributed by atoms with Crippen LogP contribution in [0.25, 0.3) is 0 Å². The minimum absolute atomic E-state index is 1.02. The summed E-state index contributed by atoms with van der Waals surface area (Å²) in [5.74, 6) is 0. The summed E-state index contributed by atoms with van der Waals surface area (Å²) in [4.78, 5) is 2.34. The standard InChI is InChI=1S/C14H23NSi/c1-15(11-8-12-16(2,3)4)13-14-9-6-5-7-10-14/h5-10,12H,11,13H2,1-4H3/b12-8+. The molecule has 2 heteroatoms. The van der Waals surface area contributed by atoms with Crippen LogP contribution < -0.4 is 0 Å². The molecule has 1 rings (SSSR count). The van der Waals surface area contributed by atoms with Gasteiger partial charge in [0.05, 0.1) is 8.07 Å². The SMILES string of the molecule is CN(C/C=C/[Si](C)(C)C)Cc1ccccc1. The molecule has 0 bridgehead atoms. The normalized spacial score (nSPS) is 12.6. The minimum atomic E-state index is -1.02. The Balaban J connectivity index is 2.37. The van der Waals surface area contributed by atoms with Crippen molar-refractivity contribution in [2.75, 3.05) is 13.6 Å². The van der Waals surface area contributed by atoms with Gasteiger partial charge in [-0.05, 0) is 12.6 Å². The largest absolute Gasteiger partial charge is 0.298 e. The molecule has 0 atom stereocenters. The van der Waals surface area contributed by atoms with Gasteiger partial charge in [0, 0.05) is 13.1 Å². The lowest BCUT2D eigenvalue weighted by atomic mass is 10.2. The van der Waals surface area contributed by atoms with Gasteiger partial charge in [-0.3, -0.25) is 4.90 Å². The topological polar surface area (TPSA) is 3.24 Å². The highest BCUT2D eigenvalue weighted by Crippen LogP contribution is 2.04. The zero-order chi connectivity index (χ0) is 12.0. The highest BCUT2D eigenvalue weighted by atomic mass is 28.3. The van der Waals surface area contributed by atoms with Crippen LogP contribution in [0.2, 0.25) is 19.6 Å². The van der Waals surface area contributed by atoms with E-state index in [4.69, 9.17) is 0 Å². The van der Waals surface area contributed by atoms with Crippen LogP contribution in [0.3, 0.4) is 0 Å². The smallest absolute Gasteiger partial charge is 0.0683 e. The second-order valence-corrected chi connectivity index (χ2v) is 10.5. The maximum Gasteiger partial charge on any atom is 0.0683 e. The Kier molecular flexibility index (Phi) is 4.96. The maximum atomic E-state index is 2.41. The number of hydrogen-bond acceptors (Lipinski definition) is 1. The van der Waals surface area contributed by atoms with Crippen LogP contribution in [-0.2, 0) is 6.54 Å². The van der Waals surface area contributed by atoms with Crippen molar-refractivity contribution in [3.8, 4) is 0 Å². The Morgan fingerprint density at radius 2 is 1.75 bits per heavy atom. The van der Waals surface area contributed by atoms with Crippen molar-refractivity contribution in [3.63, 3.8) is 0 Å². The number of likely N-dealkylation sites (N-methyl/N-ethyl adjacent to an activating group) is 1. The van der Waals surface area contributed by atoms with Gasteiger partial charge in [-0.25, -0.2) is 0 Å². The van der Waals surface area contributed by atoms with E-state index in [1.807, 2.05) is 0 Å². The highest BCUT2D eigenvalue weighted by Gasteiger charge is 2.06. The first-order valence-corrected chi connectivity index (χ1v) is 9.45. The lowest BCUT2D eigenvalue weighted by molar-refractivity contribution is 0.363. The third-order valence-electron chi connectivity index (χ3n) is 2.33. The van der Waals surface area contributed by atoms with Gasteiger partial charge in [0.2, 0.25) is 0 Å². The Morgan fingerprint density at radius 3 is 2.31 bits per heavy atom.